The van der Waals surface area contributed by atoms with Crippen LogP contribution in [0.3, 0.4) is 0 Å². The summed E-state index contributed by atoms with van der Waals surface area (Å²) in [6, 6.07) is 11.5. The zero-order chi connectivity index (χ0) is 31.5. The van der Waals surface area contributed by atoms with Crippen molar-refractivity contribution in [2.24, 2.45) is 5.73 Å². The van der Waals surface area contributed by atoms with E-state index in [4.69, 9.17) is 19.3 Å². The fourth-order valence-corrected chi connectivity index (χ4v) is 3.50. The highest BCUT2D eigenvalue weighted by atomic mass is 19.4. The molecule has 0 saturated carbocycles. The highest BCUT2D eigenvalue weighted by Gasteiger charge is 2.31. The van der Waals surface area contributed by atoms with Crippen LogP contribution in [0.2, 0.25) is 0 Å². The Morgan fingerprint density at radius 1 is 0.925 bits per heavy atom. The molecule has 206 valence electrons. The van der Waals surface area contributed by atoms with Gasteiger partial charge in [-0.25, -0.2) is 8.78 Å². The van der Waals surface area contributed by atoms with E-state index in [0.29, 0.717) is 6.07 Å². The van der Waals surface area contributed by atoms with E-state index in [1.54, 1.807) is 0 Å². The molecule has 8 nitrogen and oxygen atoms in total. The Balaban J connectivity index is 1.82. The van der Waals surface area contributed by atoms with E-state index in [0.717, 1.165) is 48.7 Å². The minimum atomic E-state index is -5.13. The molecule has 0 spiro atoms. The number of halogens is 5. The molecule has 0 fully saturated rings. The van der Waals surface area contributed by atoms with Crippen molar-refractivity contribution in [3.8, 4) is 34.1 Å². The topological polar surface area (TPSA) is 113 Å². The van der Waals surface area contributed by atoms with Crippen LogP contribution in [0, 0.1) is 11.6 Å². The number of pyridine rings is 1. The van der Waals surface area contributed by atoms with E-state index >= 15 is 4.39 Å². The normalized spacial score (nSPS) is 12.5. The number of hydrogen-bond donors (Lipinski definition) is 2. The quantitative estimate of drug-likeness (QED) is 0.252. The summed E-state index contributed by atoms with van der Waals surface area (Å²) in [5.41, 5.74) is 4.60. The number of aromatic nitrogens is 1. The van der Waals surface area contributed by atoms with Crippen molar-refractivity contribution in [3.63, 3.8) is 0 Å². The molecule has 4 rings (SSSR count). The summed E-state index contributed by atoms with van der Waals surface area (Å²) in [4.78, 5) is 28.5. The second kappa shape index (κ2) is 11.3. The van der Waals surface area contributed by atoms with E-state index in [1.807, 2.05) is 0 Å². The van der Waals surface area contributed by atoms with Gasteiger partial charge in [0.2, 0.25) is 0 Å². The minimum absolute atomic E-state index is 0.0122. The molecule has 1 heterocycles. The van der Waals surface area contributed by atoms with Crippen LogP contribution in [-0.2, 0) is 0 Å². The average Bonchev–Trinajstić information content (AvgIpc) is 2.88. The zero-order valence-electron chi connectivity index (χ0n) is 22.9. The number of amides is 2. The number of nitrogens with one attached hydrogen (secondary N) is 1. The van der Waals surface area contributed by atoms with Crippen LogP contribution in [0.15, 0.2) is 72.9 Å². The number of nitrogens with zero attached hydrogens (tertiary/aromatic N) is 1. The maximum atomic E-state index is 15.6. The number of carbonyl (C=O) groups is 2. The number of ether oxygens (including phenoxy) is 3. The molecule has 1 aromatic heterocycles. The molecule has 2 amide bonds. The Labute approximate surface area is 227 Å². The Hall–Kier alpha value is -5.20. The number of benzene rings is 3. The lowest BCUT2D eigenvalue weighted by atomic mass is 10.0. The molecule has 13 heteroatoms. The van der Waals surface area contributed by atoms with E-state index in [2.05, 4.69) is 15.0 Å². The van der Waals surface area contributed by atoms with E-state index in [1.165, 1.54) is 18.2 Å². The highest BCUT2D eigenvalue weighted by molar-refractivity contribution is 6.07. The van der Waals surface area contributed by atoms with Crippen molar-refractivity contribution in [3.05, 3.63) is 95.8 Å². The molecule has 0 unspecified atom stereocenters. The molecule has 0 aliphatic heterocycles. The number of anilines is 1. The zero-order valence-corrected chi connectivity index (χ0v) is 19.9. The predicted molar refractivity (Wildman–Crippen MR) is 132 cm³/mol. The van der Waals surface area contributed by atoms with Gasteiger partial charge in [0.25, 0.3) is 11.8 Å². The lowest BCUT2D eigenvalue weighted by molar-refractivity contribution is -0.274. The second-order valence-corrected chi connectivity index (χ2v) is 7.95. The van der Waals surface area contributed by atoms with Crippen LogP contribution >= 0.6 is 0 Å². The summed E-state index contributed by atoms with van der Waals surface area (Å²) in [5, 5.41) is 2.35. The average molecular weight is 562 g/mol. The number of alkyl halides is 3. The first kappa shape index (κ1) is 23.9. The van der Waals surface area contributed by atoms with Gasteiger partial charge in [-0.2, -0.15) is 0 Å². The van der Waals surface area contributed by atoms with Crippen molar-refractivity contribution >= 4 is 17.5 Å². The van der Waals surface area contributed by atoms with Crippen LogP contribution in [0.5, 0.6) is 23.0 Å². The Bertz CT molecular complexity index is 1680. The molecular formula is C27H18F5N3O5. The van der Waals surface area contributed by atoms with Gasteiger partial charge < -0.3 is 25.3 Å². The maximum absolute atomic E-state index is 15.6. The largest absolute Gasteiger partial charge is 0.573 e. The SMILES string of the molecule is [2H]C([2H])([2H])Oc1cc(OC(F)(F)F)ccc1Oc1cc(-c2ccc(F)cc2)cc(F)c1C(=O)Nc1ccnc(C(N)=O)c1. The van der Waals surface area contributed by atoms with Crippen LogP contribution < -0.4 is 25.3 Å². The molecule has 0 bridgehead atoms. The molecule has 3 N–H and O–H groups in total. The lowest BCUT2D eigenvalue weighted by Crippen LogP contribution is -2.17. The number of methoxy groups -OCH3 is 1. The summed E-state index contributed by atoms with van der Waals surface area (Å²) in [5.74, 6) is -6.46. The third-order valence-corrected chi connectivity index (χ3v) is 5.21. The van der Waals surface area contributed by atoms with Gasteiger partial charge >= 0.3 is 6.36 Å². The molecule has 0 radical (unpaired) electrons. The molecular weight excluding hydrogens is 541 g/mol. The molecule has 0 aliphatic rings. The number of hydrogen-bond acceptors (Lipinski definition) is 6. The summed E-state index contributed by atoms with van der Waals surface area (Å²) in [6.07, 6.45) is -3.97. The van der Waals surface area contributed by atoms with Crippen LogP contribution in [0.1, 0.15) is 25.0 Å². The van der Waals surface area contributed by atoms with Gasteiger partial charge in [0, 0.05) is 18.0 Å². The van der Waals surface area contributed by atoms with Crippen molar-refractivity contribution in [2.45, 2.75) is 6.36 Å². The van der Waals surface area contributed by atoms with Gasteiger partial charge in [0.15, 0.2) is 11.5 Å². The van der Waals surface area contributed by atoms with Crippen LogP contribution in [0.25, 0.3) is 11.1 Å². The number of carbonyl (C=O) groups excluding carboxylic acids is 2. The molecule has 0 atom stereocenters. The number of nitrogens with two attached hydrogens (primary N) is 1. The standard InChI is InChI=1S/C27H18F5N3O5/c1-38-22-13-18(40-27(30,31)32)6-7-21(22)39-23-11-15(14-2-4-16(28)5-3-14)10-19(29)24(23)26(37)35-17-8-9-34-20(12-17)25(33)36/h2-13H,1H3,(H2,33,36)(H,34,35,37)/i1D3. The third kappa shape index (κ3) is 6.62. The van der Waals surface area contributed by atoms with Crippen molar-refractivity contribution < 1.29 is 49.9 Å². The Kier molecular flexibility index (Phi) is 6.73. The smallest absolute Gasteiger partial charge is 0.493 e. The monoisotopic (exact) mass is 562 g/mol. The minimum Gasteiger partial charge on any atom is -0.493 e. The molecule has 3 aromatic carbocycles. The van der Waals surface area contributed by atoms with E-state index in [9.17, 15) is 27.2 Å². The number of rotatable bonds is 8. The van der Waals surface area contributed by atoms with Gasteiger partial charge in [-0.1, -0.05) is 12.1 Å². The fraction of sp³-hybridized carbons (Fsp3) is 0.0741. The van der Waals surface area contributed by atoms with Gasteiger partial charge in [0.05, 0.1) is 11.2 Å². The third-order valence-electron chi connectivity index (χ3n) is 5.21. The molecule has 0 saturated heterocycles. The summed E-state index contributed by atoms with van der Waals surface area (Å²) >= 11 is 0. The fourth-order valence-electron chi connectivity index (χ4n) is 3.50. The van der Waals surface area contributed by atoms with E-state index < -0.39 is 65.4 Å². The molecule has 4 aromatic rings. The van der Waals surface area contributed by atoms with Crippen molar-refractivity contribution in [1.29, 1.82) is 0 Å². The van der Waals surface area contributed by atoms with Gasteiger partial charge in [-0.15, -0.1) is 13.2 Å². The van der Waals surface area contributed by atoms with Crippen molar-refractivity contribution in [2.75, 3.05) is 12.4 Å². The predicted octanol–water partition coefficient (Wildman–Crippen LogP) is 6.08. The summed E-state index contributed by atoms with van der Waals surface area (Å²) in [7, 11) is -3.17. The second-order valence-electron chi connectivity index (χ2n) is 7.95. The molecule has 0 aliphatic carbocycles. The summed E-state index contributed by atoms with van der Waals surface area (Å²) < 4.78 is 104. The summed E-state index contributed by atoms with van der Waals surface area (Å²) in [6.45, 7) is 0. The van der Waals surface area contributed by atoms with Gasteiger partial charge in [-0.05, 0) is 59.7 Å². The van der Waals surface area contributed by atoms with Crippen LogP contribution in [-0.4, -0.2) is 30.2 Å². The van der Waals surface area contributed by atoms with Gasteiger partial charge in [0.1, 0.15) is 34.4 Å². The highest BCUT2D eigenvalue weighted by Crippen LogP contribution is 2.39. The first-order chi connectivity index (χ1) is 20.1. The lowest BCUT2D eigenvalue weighted by Gasteiger charge is -2.17. The first-order valence-corrected chi connectivity index (χ1v) is 11.0. The molecule has 40 heavy (non-hydrogen) atoms. The Morgan fingerprint density at radius 2 is 1.68 bits per heavy atom. The number of primary amides is 1. The van der Waals surface area contributed by atoms with Gasteiger partial charge in [-0.3, -0.25) is 14.6 Å². The first-order valence-electron chi connectivity index (χ1n) is 12.5. The van der Waals surface area contributed by atoms with Crippen LogP contribution in [0.4, 0.5) is 27.6 Å². The van der Waals surface area contributed by atoms with Crippen molar-refractivity contribution in [1.82, 2.24) is 4.98 Å². The van der Waals surface area contributed by atoms with E-state index in [-0.39, 0.29) is 22.5 Å². The Morgan fingerprint density at radius 3 is 2.35 bits per heavy atom. The maximum Gasteiger partial charge on any atom is 0.573 e.